The first-order valence-corrected chi connectivity index (χ1v) is 7.33. The van der Waals surface area contributed by atoms with Crippen molar-refractivity contribution >= 4 is 17.2 Å². The van der Waals surface area contributed by atoms with Crippen LogP contribution in [0.4, 0.5) is 0 Å². The second kappa shape index (κ2) is 6.02. The number of thiazole rings is 1. The Morgan fingerprint density at radius 2 is 2.32 bits per heavy atom. The molecule has 102 valence electrons. The van der Waals surface area contributed by atoms with E-state index in [-0.39, 0.29) is 5.91 Å². The molecule has 0 atom stereocenters. The van der Waals surface area contributed by atoms with Gasteiger partial charge in [0.2, 0.25) is 0 Å². The van der Waals surface area contributed by atoms with Gasteiger partial charge < -0.3 is 9.88 Å². The SMILES string of the molecule is CCc1nc(CCNC(=O)c2ccn(C)c2C)cs1. The minimum Gasteiger partial charge on any atom is -0.354 e. The van der Waals surface area contributed by atoms with E-state index in [0.29, 0.717) is 6.54 Å². The highest BCUT2D eigenvalue weighted by Crippen LogP contribution is 2.11. The maximum atomic E-state index is 12.0. The normalized spacial score (nSPS) is 10.7. The topological polar surface area (TPSA) is 46.9 Å². The van der Waals surface area contributed by atoms with Gasteiger partial charge in [0.25, 0.3) is 5.91 Å². The van der Waals surface area contributed by atoms with Gasteiger partial charge in [0, 0.05) is 37.3 Å². The van der Waals surface area contributed by atoms with E-state index in [4.69, 9.17) is 0 Å². The molecule has 0 aliphatic rings. The zero-order valence-corrected chi connectivity index (χ0v) is 12.4. The van der Waals surface area contributed by atoms with Crippen molar-refractivity contribution in [2.75, 3.05) is 6.54 Å². The van der Waals surface area contributed by atoms with E-state index in [2.05, 4.69) is 22.6 Å². The summed E-state index contributed by atoms with van der Waals surface area (Å²) in [5.41, 5.74) is 2.79. The average Bonchev–Trinajstić information content (AvgIpc) is 2.98. The van der Waals surface area contributed by atoms with Crippen LogP contribution in [0.25, 0.3) is 0 Å². The van der Waals surface area contributed by atoms with E-state index in [1.807, 2.05) is 30.8 Å². The van der Waals surface area contributed by atoms with Crippen LogP contribution in [0, 0.1) is 6.92 Å². The first kappa shape index (κ1) is 13.8. The lowest BCUT2D eigenvalue weighted by Gasteiger charge is -2.04. The van der Waals surface area contributed by atoms with E-state index in [1.54, 1.807) is 11.3 Å². The monoisotopic (exact) mass is 277 g/mol. The molecule has 2 aromatic rings. The molecular weight excluding hydrogens is 258 g/mol. The number of carbonyl (C=O) groups excluding carboxylic acids is 1. The molecule has 1 amide bonds. The molecule has 0 bridgehead atoms. The first-order chi connectivity index (χ1) is 9.11. The van der Waals surface area contributed by atoms with E-state index in [1.165, 1.54) is 0 Å². The van der Waals surface area contributed by atoms with Gasteiger partial charge in [0.1, 0.15) is 0 Å². The zero-order valence-electron chi connectivity index (χ0n) is 11.6. The molecule has 0 fully saturated rings. The van der Waals surface area contributed by atoms with Crippen LogP contribution in [0.3, 0.4) is 0 Å². The molecule has 2 aromatic heterocycles. The number of hydrogen-bond acceptors (Lipinski definition) is 3. The third kappa shape index (κ3) is 3.23. The first-order valence-electron chi connectivity index (χ1n) is 6.45. The summed E-state index contributed by atoms with van der Waals surface area (Å²) in [6, 6.07) is 1.85. The lowest BCUT2D eigenvalue weighted by molar-refractivity contribution is 0.0953. The molecule has 0 saturated carbocycles. The van der Waals surface area contributed by atoms with Gasteiger partial charge in [-0.2, -0.15) is 0 Å². The Morgan fingerprint density at radius 3 is 2.89 bits per heavy atom. The molecule has 2 heterocycles. The number of hydrogen-bond donors (Lipinski definition) is 1. The summed E-state index contributed by atoms with van der Waals surface area (Å²) in [5, 5.41) is 6.16. The molecule has 0 unspecified atom stereocenters. The van der Waals surface area contributed by atoms with Crippen LogP contribution in [-0.2, 0) is 19.9 Å². The standard InChI is InChI=1S/C14H19N3OS/c1-4-13-16-11(9-19-13)5-7-15-14(18)12-6-8-17(3)10(12)2/h6,8-9H,4-5,7H2,1-3H3,(H,15,18). The molecule has 0 aromatic carbocycles. The molecule has 0 spiro atoms. The van der Waals surface area contributed by atoms with Gasteiger partial charge in [0.15, 0.2) is 0 Å². The van der Waals surface area contributed by atoms with Crippen LogP contribution >= 0.6 is 11.3 Å². The maximum Gasteiger partial charge on any atom is 0.253 e. The molecular formula is C14H19N3OS. The number of carbonyl (C=O) groups is 1. The summed E-state index contributed by atoms with van der Waals surface area (Å²) < 4.78 is 1.95. The fourth-order valence-electron chi connectivity index (χ4n) is 1.87. The van der Waals surface area contributed by atoms with Crippen molar-refractivity contribution in [3.8, 4) is 0 Å². The molecule has 2 rings (SSSR count). The van der Waals surface area contributed by atoms with Gasteiger partial charge in [0.05, 0.1) is 16.3 Å². The smallest absolute Gasteiger partial charge is 0.253 e. The molecule has 4 nitrogen and oxygen atoms in total. The number of aryl methyl sites for hydroxylation is 2. The summed E-state index contributed by atoms with van der Waals surface area (Å²) >= 11 is 1.68. The van der Waals surface area contributed by atoms with E-state index in [0.717, 1.165) is 34.8 Å². The zero-order chi connectivity index (χ0) is 13.8. The fraction of sp³-hybridized carbons (Fsp3) is 0.429. The van der Waals surface area contributed by atoms with Gasteiger partial charge in [-0.05, 0) is 19.4 Å². The number of rotatable bonds is 5. The summed E-state index contributed by atoms with van der Waals surface area (Å²) in [6.45, 7) is 4.67. The van der Waals surface area contributed by atoms with Crippen molar-refractivity contribution < 1.29 is 4.79 Å². The van der Waals surface area contributed by atoms with Crippen molar-refractivity contribution in [2.45, 2.75) is 26.7 Å². The Bertz CT molecular complexity index is 571. The molecule has 1 N–H and O–H groups in total. The Balaban J connectivity index is 1.85. The van der Waals surface area contributed by atoms with E-state index in [9.17, 15) is 4.79 Å². The quantitative estimate of drug-likeness (QED) is 0.911. The van der Waals surface area contributed by atoms with Gasteiger partial charge in [-0.1, -0.05) is 6.92 Å². The fourth-order valence-corrected chi connectivity index (χ4v) is 2.65. The van der Waals surface area contributed by atoms with Crippen LogP contribution in [0.2, 0.25) is 0 Å². The number of nitrogens with one attached hydrogen (secondary N) is 1. The van der Waals surface area contributed by atoms with Crippen LogP contribution in [0.5, 0.6) is 0 Å². The number of aromatic nitrogens is 2. The highest BCUT2D eigenvalue weighted by Gasteiger charge is 2.10. The van der Waals surface area contributed by atoms with Gasteiger partial charge >= 0.3 is 0 Å². The Labute approximate surface area is 117 Å². The molecule has 0 saturated heterocycles. The summed E-state index contributed by atoms with van der Waals surface area (Å²) in [5.74, 6) is -0.0101. The highest BCUT2D eigenvalue weighted by molar-refractivity contribution is 7.09. The third-order valence-electron chi connectivity index (χ3n) is 3.20. The number of nitrogens with zero attached hydrogens (tertiary/aromatic N) is 2. The summed E-state index contributed by atoms with van der Waals surface area (Å²) in [4.78, 5) is 16.5. The Hall–Kier alpha value is -1.62. The average molecular weight is 277 g/mol. The van der Waals surface area contributed by atoms with Crippen molar-refractivity contribution in [3.05, 3.63) is 39.6 Å². The van der Waals surface area contributed by atoms with Crippen molar-refractivity contribution in [2.24, 2.45) is 7.05 Å². The van der Waals surface area contributed by atoms with Crippen LogP contribution in [-0.4, -0.2) is 22.0 Å². The molecule has 5 heteroatoms. The van der Waals surface area contributed by atoms with Gasteiger partial charge in [-0.3, -0.25) is 4.79 Å². The molecule has 0 radical (unpaired) electrons. The summed E-state index contributed by atoms with van der Waals surface area (Å²) in [7, 11) is 1.94. The second-order valence-electron chi connectivity index (χ2n) is 4.52. The largest absolute Gasteiger partial charge is 0.354 e. The van der Waals surface area contributed by atoms with Crippen LogP contribution < -0.4 is 5.32 Å². The Kier molecular flexibility index (Phi) is 4.37. The van der Waals surface area contributed by atoms with Gasteiger partial charge in [-0.15, -0.1) is 11.3 Å². The number of amides is 1. The minimum absolute atomic E-state index is 0.0101. The lowest BCUT2D eigenvalue weighted by Crippen LogP contribution is -2.26. The Morgan fingerprint density at radius 1 is 1.53 bits per heavy atom. The van der Waals surface area contributed by atoms with Crippen LogP contribution in [0.15, 0.2) is 17.6 Å². The van der Waals surface area contributed by atoms with Crippen molar-refractivity contribution in [1.82, 2.24) is 14.9 Å². The third-order valence-corrected chi connectivity index (χ3v) is 4.24. The van der Waals surface area contributed by atoms with Gasteiger partial charge in [-0.25, -0.2) is 4.98 Å². The highest BCUT2D eigenvalue weighted by atomic mass is 32.1. The predicted molar refractivity (Wildman–Crippen MR) is 77.7 cm³/mol. The van der Waals surface area contributed by atoms with Crippen molar-refractivity contribution in [3.63, 3.8) is 0 Å². The minimum atomic E-state index is -0.0101. The predicted octanol–water partition coefficient (Wildman–Crippen LogP) is 2.32. The second-order valence-corrected chi connectivity index (χ2v) is 5.46. The molecule has 19 heavy (non-hydrogen) atoms. The van der Waals surface area contributed by atoms with Crippen molar-refractivity contribution in [1.29, 1.82) is 0 Å². The van der Waals surface area contributed by atoms with Crippen LogP contribution in [0.1, 0.15) is 33.7 Å². The van der Waals surface area contributed by atoms with E-state index >= 15 is 0 Å². The van der Waals surface area contributed by atoms with E-state index < -0.39 is 0 Å². The molecule has 0 aliphatic heterocycles. The summed E-state index contributed by atoms with van der Waals surface area (Å²) in [6.07, 6.45) is 3.66. The lowest BCUT2D eigenvalue weighted by atomic mass is 10.2. The molecule has 0 aliphatic carbocycles. The maximum absolute atomic E-state index is 12.0.